The average Bonchev–Trinajstić information content (AvgIpc) is 3.32. The average molecular weight is 319 g/mol. The maximum absolute atomic E-state index is 12.9. The highest BCUT2D eigenvalue weighted by Gasteiger charge is 2.43. The largest absolute Gasteiger partial charge is 0.387 e. The van der Waals surface area contributed by atoms with Gasteiger partial charge in [-0.15, -0.1) is 0 Å². The molecule has 0 heterocycles. The molecule has 0 aromatic heterocycles. The molecule has 2 N–H and O–H groups in total. The Morgan fingerprint density at radius 2 is 2.13 bits per heavy atom. The number of halogens is 1. The molecule has 1 aromatic carbocycles. The maximum Gasteiger partial charge on any atom is 0.235 e. The van der Waals surface area contributed by atoms with Crippen LogP contribution in [0.1, 0.15) is 31.4 Å². The summed E-state index contributed by atoms with van der Waals surface area (Å²) >= 11 is 0. The van der Waals surface area contributed by atoms with Crippen molar-refractivity contribution in [2.45, 2.75) is 31.4 Å². The van der Waals surface area contributed by atoms with Gasteiger partial charge >= 0.3 is 0 Å². The summed E-state index contributed by atoms with van der Waals surface area (Å²) in [6.07, 6.45) is 1.12. The molecule has 1 saturated carbocycles. The van der Waals surface area contributed by atoms with Crippen LogP contribution in [-0.2, 0) is 4.79 Å². The van der Waals surface area contributed by atoms with E-state index >= 15 is 0 Å². The molecule has 0 bridgehead atoms. The molecule has 1 fully saturated rings. The first-order chi connectivity index (χ1) is 10.8. The number of nitrogens with zero attached hydrogens (tertiary/aromatic N) is 2. The third-order valence-corrected chi connectivity index (χ3v) is 4.18. The van der Waals surface area contributed by atoms with Gasteiger partial charge in [0.05, 0.1) is 18.7 Å². The van der Waals surface area contributed by atoms with Gasteiger partial charge in [-0.05, 0) is 50.4 Å². The second-order valence-electron chi connectivity index (χ2n) is 6.40. The summed E-state index contributed by atoms with van der Waals surface area (Å²) in [5.41, 5.74) is -0.216. The van der Waals surface area contributed by atoms with Crippen LogP contribution in [0.25, 0.3) is 0 Å². The van der Waals surface area contributed by atoms with Crippen molar-refractivity contribution in [3.63, 3.8) is 0 Å². The normalized spacial score (nSPS) is 18.1. The van der Waals surface area contributed by atoms with Crippen molar-refractivity contribution in [1.29, 1.82) is 5.26 Å². The Hall–Kier alpha value is -1.97. The van der Waals surface area contributed by atoms with Gasteiger partial charge in [0.2, 0.25) is 5.91 Å². The number of carbonyl (C=O) groups excluding carboxylic acids is 1. The van der Waals surface area contributed by atoms with E-state index in [1.54, 1.807) is 18.9 Å². The molecule has 0 aliphatic heterocycles. The number of hydrogen-bond donors (Lipinski definition) is 2. The second kappa shape index (κ2) is 7.07. The Bertz CT molecular complexity index is 595. The van der Waals surface area contributed by atoms with E-state index in [9.17, 15) is 19.6 Å². The number of rotatable bonds is 7. The van der Waals surface area contributed by atoms with Crippen LogP contribution in [0.4, 0.5) is 4.39 Å². The number of hydrogen-bond acceptors (Lipinski definition) is 4. The van der Waals surface area contributed by atoms with E-state index in [0.717, 1.165) is 12.8 Å². The molecular weight excluding hydrogens is 297 g/mol. The fourth-order valence-electron chi connectivity index (χ4n) is 2.61. The highest BCUT2D eigenvalue weighted by Crippen LogP contribution is 2.39. The summed E-state index contributed by atoms with van der Waals surface area (Å²) in [4.78, 5) is 13.8. The zero-order chi connectivity index (χ0) is 17.0. The predicted octanol–water partition coefficient (Wildman–Crippen LogP) is 1.60. The van der Waals surface area contributed by atoms with Crippen LogP contribution in [-0.4, -0.2) is 41.6 Å². The van der Waals surface area contributed by atoms with Crippen molar-refractivity contribution in [3.05, 3.63) is 35.6 Å². The molecule has 2 rings (SSSR count). The lowest BCUT2D eigenvalue weighted by molar-refractivity contribution is -0.123. The highest BCUT2D eigenvalue weighted by molar-refractivity contribution is 5.79. The standard InChI is InChI=1S/C17H22FN3O2/c1-17(11-19,13-5-6-13)20-16(23)10-21(2)9-15(22)12-3-7-14(18)8-4-12/h3-4,7-8,13,15,22H,5-6,9-10H2,1-2H3,(H,20,23)/t15-,17+/m1/s1. The van der Waals surface area contributed by atoms with E-state index in [0.29, 0.717) is 5.56 Å². The molecule has 23 heavy (non-hydrogen) atoms. The third kappa shape index (κ3) is 4.75. The minimum atomic E-state index is -0.812. The summed E-state index contributed by atoms with van der Waals surface area (Å²) in [7, 11) is 1.72. The minimum Gasteiger partial charge on any atom is -0.387 e. The Kier molecular flexibility index (Phi) is 5.34. The van der Waals surface area contributed by atoms with Crippen molar-refractivity contribution >= 4 is 5.91 Å². The van der Waals surface area contributed by atoms with Gasteiger partial charge in [-0.1, -0.05) is 12.1 Å². The molecule has 6 heteroatoms. The van der Waals surface area contributed by atoms with Crippen molar-refractivity contribution < 1.29 is 14.3 Å². The van der Waals surface area contributed by atoms with Gasteiger partial charge in [-0.2, -0.15) is 5.26 Å². The smallest absolute Gasteiger partial charge is 0.235 e. The molecule has 0 radical (unpaired) electrons. The number of carbonyl (C=O) groups is 1. The molecule has 2 atom stereocenters. The highest BCUT2D eigenvalue weighted by atomic mass is 19.1. The van der Waals surface area contributed by atoms with Gasteiger partial charge in [0.25, 0.3) is 0 Å². The van der Waals surface area contributed by atoms with E-state index in [2.05, 4.69) is 11.4 Å². The van der Waals surface area contributed by atoms with Gasteiger partial charge in [0.1, 0.15) is 11.4 Å². The van der Waals surface area contributed by atoms with Crippen molar-refractivity contribution in [3.8, 4) is 6.07 Å². The third-order valence-electron chi connectivity index (χ3n) is 4.18. The fraction of sp³-hybridized carbons (Fsp3) is 0.529. The lowest BCUT2D eigenvalue weighted by Crippen LogP contribution is -2.50. The molecule has 1 amide bonds. The first-order valence-corrected chi connectivity index (χ1v) is 7.68. The molecule has 1 aliphatic carbocycles. The number of nitriles is 1. The quantitative estimate of drug-likeness (QED) is 0.800. The van der Waals surface area contributed by atoms with E-state index < -0.39 is 11.6 Å². The number of aliphatic hydroxyl groups excluding tert-OH is 1. The van der Waals surface area contributed by atoms with Crippen LogP contribution in [0.15, 0.2) is 24.3 Å². The number of benzene rings is 1. The predicted molar refractivity (Wildman–Crippen MR) is 83.7 cm³/mol. The van der Waals surface area contributed by atoms with Gasteiger partial charge < -0.3 is 10.4 Å². The number of aliphatic hydroxyl groups is 1. The lowest BCUT2D eigenvalue weighted by atomic mass is 9.98. The second-order valence-corrected chi connectivity index (χ2v) is 6.40. The Labute approximate surface area is 135 Å². The monoisotopic (exact) mass is 319 g/mol. The summed E-state index contributed by atoms with van der Waals surface area (Å²) in [5.74, 6) is -0.370. The first-order valence-electron chi connectivity index (χ1n) is 7.68. The van der Waals surface area contributed by atoms with Gasteiger partial charge in [0.15, 0.2) is 0 Å². The van der Waals surface area contributed by atoms with Crippen molar-refractivity contribution in [2.24, 2.45) is 5.92 Å². The SMILES string of the molecule is CN(CC(=O)N[C@@](C)(C#N)C1CC1)C[C@@H](O)c1ccc(F)cc1. The number of nitrogens with one attached hydrogen (secondary N) is 1. The van der Waals surface area contributed by atoms with E-state index in [1.165, 1.54) is 24.3 Å². The summed E-state index contributed by atoms with van der Waals surface area (Å²) in [6.45, 7) is 2.07. The zero-order valence-electron chi connectivity index (χ0n) is 13.4. The van der Waals surface area contributed by atoms with Crippen LogP contribution in [0, 0.1) is 23.1 Å². The molecule has 1 aromatic rings. The molecule has 1 aliphatic rings. The molecule has 124 valence electrons. The summed E-state index contributed by atoms with van der Waals surface area (Å²) in [6, 6.07) is 7.81. The van der Waals surface area contributed by atoms with Gasteiger partial charge in [0, 0.05) is 6.54 Å². The van der Waals surface area contributed by atoms with E-state index in [-0.39, 0.29) is 30.7 Å². The molecule has 0 saturated heterocycles. The van der Waals surface area contributed by atoms with Gasteiger partial charge in [-0.3, -0.25) is 9.69 Å². The van der Waals surface area contributed by atoms with Gasteiger partial charge in [-0.25, -0.2) is 4.39 Å². The van der Waals surface area contributed by atoms with Crippen LogP contribution in [0.5, 0.6) is 0 Å². The van der Waals surface area contributed by atoms with Crippen LogP contribution >= 0.6 is 0 Å². The molecule has 5 nitrogen and oxygen atoms in total. The molecule has 0 unspecified atom stereocenters. The topological polar surface area (TPSA) is 76.4 Å². The van der Waals surface area contributed by atoms with Crippen LogP contribution in [0.2, 0.25) is 0 Å². The fourth-order valence-corrected chi connectivity index (χ4v) is 2.61. The van der Waals surface area contributed by atoms with Crippen LogP contribution in [0.3, 0.4) is 0 Å². The number of amides is 1. The zero-order valence-corrected chi connectivity index (χ0v) is 13.4. The van der Waals surface area contributed by atoms with Crippen LogP contribution < -0.4 is 5.32 Å². The Balaban J connectivity index is 1.84. The van der Waals surface area contributed by atoms with E-state index in [4.69, 9.17) is 0 Å². The lowest BCUT2D eigenvalue weighted by Gasteiger charge is -2.25. The first kappa shape index (κ1) is 17.4. The van der Waals surface area contributed by atoms with Crippen molar-refractivity contribution in [1.82, 2.24) is 10.2 Å². The summed E-state index contributed by atoms with van der Waals surface area (Å²) in [5, 5.41) is 22.2. The van der Waals surface area contributed by atoms with E-state index in [1.807, 2.05) is 0 Å². The van der Waals surface area contributed by atoms with Crippen molar-refractivity contribution in [2.75, 3.05) is 20.1 Å². The molecule has 0 spiro atoms. The Morgan fingerprint density at radius 3 is 2.65 bits per heavy atom. The summed E-state index contributed by atoms with van der Waals surface area (Å²) < 4.78 is 12.9. The Morgan fingerprint density at radius 1 is 1.52 bits per heavy atom. The molecular formula is C17H22FN3O2. The maximum atomic E-state index is 12.9. The number of likely N-dealkylation sites (N-methyl/N-ethyl adjacent to an activating group) is 1. The minimum absolute atomic E-state index is 0.0856.